The SMILES string of the molecule is CCOc1ccccc1OCCCC(=O)Nc1cccc(C(=O)NC2CC2)c1. The summed E-state index contributed by atoms with van der Waals surface area (Å²) in [4.78, 5) is 24.3. The predicted octanol–water partition coefficient (Wildman–Crippen LogP) is 3.78. The average Bonchev–Trinajstić information content (AvgIpc) is 3.51. The molecule has 6 nitrogen and oxygen atoms in total. The minimum absolute atomic E-state index is 0.0973. The number of rotatable bonds is 10. The molecular formula is C22H26N2O4. The van der Waals surface area contributed by atoms with Gasteiger partial charge in [0.2, 0.25) is 5.91 Å². The van der Waals surface area contributed by atoms with Crippen molar-refractivity contribution < 1.29 is 19.1 Å². The van der Waals surface area contributed by atoms with E-state index >= 15 is 0 Å². The van der Waals surface area contributed by atoms with Crippen LogP contribution in [0, 0.1) is 0 Å². The number of amides is 2. The fourth-order valence-electron chi connectivity index (χ4n) is 2.72. The van der Waals surface area contributed by atoms with Crippen molar-refractivity contribution in [3.8, 4) is 11.5 Å². The lowest BCUT2D eigenvalue weighted by Gasteiger charge is -2.11. The number of carbonyl (C=O) groups is 2. The number of anilines is 1. The highest BCUT2D eigenvalue weighted by Crippen LogP contribution is 2.26. The van der Waals surface area contributed by atoms with Gasteiger partial charge in [0, 0.05) is 23.7 Å². The molecule has 2 amide bonds. The molecule has 0 radical (unpaired) electrons. The van der Waals surface area contributed by atoms with Gasteiger partial charge in [-0.05, 0) is 56.5 Å². The second-order valence-electron chi connectivity index (χ2n) is 6.71. The van der Waals surface area contributed by atoms with E-state index in [1.54, 1.807) is 24.3 Å². The molecule has 0 bridgehead atoms. The smallest absolute Gasteiger partial charge is 0.251 e. The summed E-state index contributed by atoms with van der Waals surface area (Å²) >= 11 is 0. The van der Waals surface area contributed by atoms with Crippen molar-refractivity contribution >= 4 is 17.5 Å². The Kier molecular flexibility index (Phi) is 6.89. The van der Waals surface area contributed by atoms with Crippen molar-refractivity contribution in [2.24, 2.45) is 0 Å². The Morgan fingerprint density at radius 3 is 2.50 bits per heavy atom. The van der Waals surface area contributed by atoms with Crippen molar-refractivity contribution in [3.63, 3.8) is 0 Å². The fourth-order valence-corrected chi connectivity index (χ4v) is 2.72. The van der Waals surface area contributed by atoms with Crippen molar-refractivity contribution in [1.82, 2.24) is 5.32 Å². The van der Waals surface area contributed by atoms with Crippen molar-refractivity contribution in [2.45, 2.75) is 38.6 Å². The summed E-state index contributed by atoms with van der Waals surface area (Å²) in [5.41, 5.74) is 1.18. The first-order valence-corrected chi connectivity index (χ1v) is 9.71. The van der Waals surface area contributed by atoms with Gasteiger partial charge in [0.05, 0.1) is 13.2 Å². The van der Waals surface area contributed by atoms with E-state index in [0.29, 0.717) is 54.8 Å². The Bertz CT molecular complexity index is 818. The summed E-state index contributed by atoms with van der Waals surface area (Å²) in [5.74, 6) is 1.18. The summed E-state index contributed by atoms with van der Waals surface area (Å²) in [7, 11) is 0. The number of ether oxygens (including phenoxy) is 2. The van der Waals surface area contributed by atoms with Crippen LogP contribution in [0.1, 0.15) is 43.0 Å². The third-order valence-corrected chi connectivity index (χ3v) is 4.28. The molecule has 0 unspecified atom stereocenters. The first-order chi connectivity index (χ1) is 13.7. The lowest BCUT2D eigenvalue weighted by atomic mass is 10.2. The molecule has 1 aliphatic rings. The lowest BCUT2D eigenvalue weighted by Crippen LogP contribution is -2.25. The monoisotopic (exact) mass is 382 g/mol. The second-order valence-corrected chi connectivity index (χ2v) is 6.71. The van der Waals surface area contributed by atoms with Gasteiger partial charge in [0.15, 0.2) is 11.5 Å². The lowest BCUT2D eigenvalue weighted by molar-refractivity contribution is -0.116. The summed E-state index contributed by atoms with van der Waals surface area (Å²) in [5, 5.41) is 5.78. The van der Waals surface area contributed by atoms with Crippen molar-refractivity contribution in [2.75, 3.05) is 18.5 Å². The standard InChI is InChI=1S/C22H26N2O4/c1-2-27-19-9-3-4-10-20(19)28-14-6-11-21(25)23-18-8-5-7-16(15-18)22(26)24-17-12-13-17/h3-5,7-10,15,17H,2,6,11-14H2,1H3,(H,23,25)(H,24,26). The molecule has 1 aliphatic carbocycles. The normalized spacial score (nSPS) is 12.9. The molecule has 28 heavy (non-hydrogen) atoms. The number of nitrogens with one attached hydrogen (secondary N) is 2. The van der Waals surface area contributed by atoms with Crippen LogP contribution in [0.25, 0.3) is 0 Å². The molecule has 148 valence electrons. The minimum Gasteiger partial charge on any atom is -0.490 e. The van der Waals surface area contributed by atoms with Gasteiger partial charge < -0.3 is 20.1 Å². The molecule has 1 fully saturated rings. The van der Waals surface area contributed by atoms with Crippen LogP contribution in [0.4, 0.5) is 5.69 Å². The molecular weight excluding hydrogens is 356 g/mol. The Labute approximate surface area is 165 Å². The first kappa shape index (κ1) is 19.7. The van der Waals surface area contributed by atoms with Gasteiger partial charge in [-0.1, -0.05) is 18.2 Å². The predicted molar refractivity (Wildman–Crippen MR) is 108 cm³/mol. The Hall–Kier alpha value is -3.02. The average molecular weight is 382 g/mol. The maximum atomic E-state index is 12.2. The fraction of sp³-hybridized carbons (Fsp3) is 0.364. The van der Waals surface area contributed by atoms with Gasteiger partial charge in [-0.3, -0.25) is 9.59 Å². The molecule has 0 atom stereocenters. The number of carbonyl (C=O) groups excluding carboxylic acids is 2. The number of hydrogen-bond acceptors (Lipinski definition) is 4. The largest absolute Gasteiger partial charge is 0.490 e. The van der Waals surface area contributed by atoms with Crippen LogP contribution in [0.15, 0.2) is 48.5 Å². The molecule has 0 aliphatic heterocycles. The minimum atomic E-state index is -0.110. The van der Waals surface area contributed by atoms with Crippen LogP contribution in [0.2, 0.25) is 0 Å². The third-order valence-electron chi connectivity index (χ3n) is 4.28. The zero-order chi connectivity index (χ0) is 19.8. The molecule has 1 saturated carbocycles. The van der Waals surface area contributed by atoms with E-state index in [1.165, 1.54) is 0 Å². The Morgan fingerprint density at radius 2 is 1.79 bits per heavy atom. The first-order valence-electron chi connectivity index (χ1n) is 9.71. The highest BCUT2D eigenvalue weighted by Gasteiger charge is 2.23. The number of hydrogen-bond donors (Lipinski definition) is 2. The second kappa shape index (κ2) is 9.78. The summed E-state index contributed by atoms with van der Waals surface area (Å²) in [6.07, 6.45) is 2.99. The van der Waals surface area contributed by atoms with Crippen LogP contribution in [-0.2, 0) is 4.79 Å². The Morgan fingerprint density at radius 1 is 1.04 bits per heavy atom. The summed E-state index contributed by atoms with van der Waals surface area (Å²) in [6, 6.07) is 14.8. The highest BCUT2D eigenvalue weighted by atomic mass is 16.5. The van der Waals surface area contributed by atoms with E-state index < -0.39 is 0 Å². The molecule has 2 aromatic carbocycles. The van der Waals surface area contributed by atoms with E-state index in [0.717, 1.165) is 12.8 Å². The van der Waals surface area contributed by atoms with Crippen LogP contribution >= 0.6 is 0 Å². The van der Waals surface area contributed by atoms with Crippen LogP contribution in [0.3, 0.4) is 0 Å². The van der Waals surface area contributed by atoms with E-state index in [1.807, 2.05) is 31.2 Å². The molecule has 0 heterocycles. The number of benzene rings is 2. The maximum Gasteiger partial charge on any atom is 0.251 e. The van der Waals surface area contributed by atoms with Crippen LogP contribution < -0.4 is 20.1 Å². The molecule has 0 aromatic heterocycles. The topological polar surface area (TPSA) is 76.7 Å². The van der Waals surface area contributed by atoms with E-state index in [2.05, 4.69) is 10.6 Å². The van der Waals surface area contributed by atoms with Gasteiger partial charge in [0.25, 0.3) is 5.91 Å². The van der Waals surface area contributed by atoms with Crippen molar-refractivity contribution in [3.05, 3.63) is 54.1 Å². The molecule has 3 rings (SSSR count). The third kappa shape index (κ3) is 6.01. The van der Waals surface area contributed by atoms with E-state index in [4.69, 9.17) is 9.47 Å². The maximum absolute atomic E-state index is 12.2. The zero-order valence-electron chi connectivity index (χ0n) is 16.1. The van der Waals surface area contributed by atoms with Gasteiger partial charge in [0.1, 0.15) is 0 Å². The van der Waals surface area contributed by atoms with Gasteiger partial charge in [-0.15, -0.1) is 0 Å². The summed E-state index contributed by atoms with van der Waals surface area (Å²) in [6.45, 7) is 2.91. The van der Waals surface area contributed by atoms with Crippen LogP contribution in [-0.4, -0.2) is 31.1 Å². The number of para-hydroxylation sites is 2. The van der Waals surface area contributed by atoms with Crippen LogP contribution in [0.5, 0.6) is 11.5 Å². The molecule has 0 saturated heterocycles. The molecule has 0 spiro atoms. The zero-order valence-corrected chi connectivity index (χ0v) is 16.1. The molecule has 6 heteroatoms. The van der Waals surface area contributed by atoms with Crippen molar-refractivity contribution in [1.29, 1.82) is 0 Å². The van der Waals surface area contributed by atoms with Gasteiger partial charge in [-0.25, -0.2) is 0 Å². The quantitative estimate of drug-likeness (QED) is 0.613. The van der Waals surface area contributed by atoms with E-state index in [-0.39, 0.29) is 11.8 Å². The summed E-state index contributed by atoms with van der Waals surface area (Å²) < 4.78 is 11.2. The highest BCUT2D eigenvalue weighted by molar-refractivity contribution is 5.97. The molecule has 2 N–H and O–H groups in total. The van der Waals surface area contributed by atoms with Gasteiger partial charge >= 0.3 is 0 Å². The van der Waals surface area contributed by atoms with Gasteiger partial charge in [-0.2, -0.15) is 0 Å². The Balaban J connectivity index is 1.42. The van der Waals surface area contributed by atoms with E-state index in [9.17, 15) is 9.59 Å². The molecule has 2 aromatic rings.